The van der Waals surface area contributed by atoms with Gasteiger partial charge in [0.25, 0.3) is 0 Å². The van der Waals surface area contributed by atoms with Crippen LogP contribution in [0.3, 0.4) is 0 Å². The molecular formula is C15H17NO2. The molecule has 0 bridgehead atoms. The van der Waals surface area contributed by atoms with Crippen molar-refractivity contribution in [1.82, 2.24) is 0 Å². The molecule has 0 fully saturated rings. The summed E-state index contributed by atoms with van der Waals surface area (Å²) in [6, 6.07) is 13.5. The molecule has 3 nitrogen and oxygen atoms in total. The second-order valence-electron chi connectivity index (χ2n) is 4.08. The molecule has 0 amide bonds. The van der Waals surface area contributed by atoms with E-state index in [0.717, 1.165) is 28.4 Å². The third-order valence-electron chi connectivity index (χ3n) is 2.78. The number of benzene rings is 2. The van der Waals surface area contributed by atoms with Crippen LogP contribution in [-0.4, -0.2) is 7.11 Å². The van der Waals surface area contributed by atoms with Gasteiger partial charge in [0.1, 0.15) is 17.2 Å². The first kappa shape index (κ1) is 12.5. The summed E-state index contributed by atoms with van der Waals surface area (Å²) >= 11 is 0. The minimum atomic E-state index is 0.513. The molecule has 0 saturated heterocycles. The van der Waals surface area contributed by atoms with Crippen LogP contribution >= 0.6 is 0 Å². The van der Waals surface area contributed by atoms with Gasteiger partial charge >= 0.3 is 0 Å². The van der Waals surface area contributed by atoms with Gasteiger partial charge in [-0.25, -0.2) is 0 Å². The predicted molar refractivity (Wildman–Crippen MR) is 72.1 cm³/mol. The molecule has 0 heterocycles. The van der Waals surface area contributed by atoms with Crippen LogP contribution in [0.5, 0.6) is 17.2 Å². The SMILES string of the molecule is COc1ccc(Oc2cc(CN)ccc2C)cc1. The summed E-state index contributed by atoms with van der Waals surface area (Å²) in [6.45, 7) is 2.53. The normalized spacial score (nSPS) is 10.2. The Morgan fingerprint density at radius 2 is 1.67 bits per heavy atom. The van der Waals surface area contributed by atoms with Crippen LogP contribution < -0.4 is 15.2 Å². The quantitative estimate of drug-likeness (QED) is 0.896. The van der Waals surface area contributed by atoms with Gasteiger partial charge in [0.05, 0.1) is 7.11 Å². The van der Waals surface area contributed by atoms with Crippen LogP contribution in [0, 0.1) is 6.92 Å². The first-order valence-electron chi connectivity index (χ1n) is 5.84. The minimum Gasteiger partial charge on any atom is -0.497 e. The van der Waals surface area contributed by atoms with Crippen LogP contribution in [-0.2, 0) is 6.54 Å². The largest absolute Gasteiger partial charge is 0.497 e. The van der Waals surface area contributed by atoms with Gasteiger partial charge in [0.2, 0.25) is 0 Å². The van der Waals surface area contributed by atoms with Gasteiger partial charge in [-0.15, -0.1) is 0 Å². The molecule has 0 atom stereocenters. The van der Waals surface area contributed by atoms with Crippen LogP contribution in [0.2, 0.25) is 0 Å². The maximum Gasteiger partial charge on any atom is 0.130 e. The number of rotatable bonds is 4. The van der Waals surface area contributed by atoms with Crippen molar-refractivity contribution in [3.05, 3.63) is 53.6 Å². The zero-order valence-corrected chi connectivity index (χ0v) is 10.6. The van der Waals surface area contributed by atoms with Crippen molar-refractivity contribution in [2.75, 3.05) is 7.11 Å². The second-order valence-corrected chi connectivity index (χ2v) is 4.08. The van der Waals surface area contributed by atoms with Gasteiger partial charge in [0, 0.05) is 6.54 Å². The van der Waals surface area contributed by atoms with Crippen molar-refractivity contribution in [2.24, 2.45) is 5.73 Å². The van der Waals surface area contributed by atoms with Crippen molar-refractivity contribution < 1.29 is 9.47 Å². The van der Waals surface area contributed by atoms with E-state index in [-0.39, 0.29) is 0 Å². The lowest BCUT2D eigenvalue weighted by molar-refractivity contribution is 0.412. The van der Waals surface area contributed by atoms with Crippen molar-refractivity contribution in [2.45, 2.75) is 13.5 Å². The molecule has 2 N–H and O–H groups in total. The maximum absolute atomic E-state index is 5.84. The number of ether oxygens (including phenoxy) is 2. The molecule has 0 aliphatic carbocycles. The lowest BCUT2D eigenvalue weighted by Crippen LogP contribution is -1.97. The summed E-state index contributed by atoms with van der Waals surface area (Å²) in [5.41, 5.74) is 7.77. The van der Waals surface area contributed by atoms with E-state index in [2.05, 4.69) is 0 Å². The van der Waals surface area contributed by atoms with Crippen molar-refractivity contribution >= 4 is 0 Å². The third kappa shape index (κ3) is 2.81. The maximum atomic E-state index is 5.84. The van der Waals surface area contributed by atoms with Crippen LogP contribution in [0.25, 0.3) is 0 Å². The monoisotopic (exact) mass is 243 g/mol. The molecule has 0 aliphatic rings. The average Bonchev–Trinajstić information content (AvgIpc) is 2.42. The lowest BCUT2D eigenvalue weighted by Gasteiger charge is -2.10. The molecule has 0 radical (unpaired) electrons. The average molecular weight is 243 g/mol. The van der Waals surface area contributed by atoms with E-state index in [1.54, 1.807) is 7.11 Å². The molecule has 2 rings (SSSR count). The van der Waals surface area contributed by atoms with E-state index < -0.39 is 0 Å². The van der Waals surface area contributed by atoms with Crippen molar-refractivity contribution in [1.29, 1.82) is 0 Å². The van der Waals surface area contributed by atoms with Crippen molar-refractivity contribution in [3.8, 4) is 17.2 Å². The van der Waals surface area contributed by atoms with Gasteiger partial charge < -0.3 is 15.2 Å². The fourth-order valence-corrected chi connectivity index (χ4v) is 1.65. The zero-order valence-electron chi connectivity index (χ0n) is 10.6. The van der Waals surface area contributed by atoms with E-state index in [4.69, 9.17) is 15.2 Å². The van der Waals surface area contributed by atoms with Gasteiger partial charge in [-0.05, 0) is 48.4 Å². The molecule has 94 valence electrons. The lowest BCUT2D eigenvalue weighted by atomic mass is 10.1. The summed E-state index contributed by atoms with van der Waals surface area (Å²) in [6.07, 6.45) is 0. The highest BCUT2D eigenvalue weighted by Gasteiger charge is 2.03. The van der Waals surface area contributed by atoms with E-state index in [1.165, 1.54) is 0 Å². The van der Waals surface area contributed by atoms with Crippen LogP contribution in [0.15, 0.2) is 42.5 Å². The Bertz CT molecular complexity index is 521. The Labute approximate surface area is 107 Å². The summed E-state index contributed by atoms with van der Waals surface area (Å²) in [7, 11) is 1.64. The molecular weight excluding hydrogens is 226 g/mol. The summed E-state index contributed by atoms with van der Waals surface area (Å²) in [4.78, 5) is 0. The summed E-state index contributed by atoms with van der Waals surface area (Å²) in [5, 5.41) is 0. The van der Waals surface area contributed by atoms with Gasteiger partial charge in [-0.3, -0.25) is 0 Å². The minimum absolute atomic E-state index is 0.513. The standard InChI is InChI=1S/C15H17NO2/c1-11-3-4-12(10-16)9-15(11)18-14-7-5-13(17-2)6-8-14/h3-9H,10,16H2,1-2H3. The Kier molecular flexibility index (Phi) is 3.85. The highest BCUT2D eigenvalue weighted by atomic mass is 16.5. The second kappa shape index (κ2) is 5.56. The van der Waals surface area contributed by atoms with E-state index in [0.29, 0.717) is 6.54 Å². The van der Waals surface area contributed by atoms with E-state index in [1.807, 2.05) is 49.4 Å². The number of hydrogen-bond donors (Lipinski definition) is 1. The number of nitrogens with two attached hydrogens (primary N) is 1. The molecule has 0 aromatic heterocycles. The smallest absolute Gasteiger partial charge is 0.130 e. The molecule has 0 saturated carbocycles. The Morgan fingerprint density at radius 1 is 1.00 bits per heavy atom. The fourth-order valence-electron chi connectivity index (χ4n) is 1.65. The van der Waals surface area contributed by atoms with Crippen LogP contribution in [0.1, 0.15) is 11.1 Å². The molecule has 2 aromatic carbocycles. The topological polar surface area (TPSA) is 44.5 Å². The molecule has 0 unspecified atom stereocenters. The number of methoxy groups -OCH3 is 1. The van der Waals surface area contributed by atoms with Crippen LogP contribution in [0.4, 0.5) is 0 Å². The first-order chi connectivity index (χ1) is 8.72. The molecule has 2 aromatic rings. The fraction of sp³-hybridized carbons (Fsp3) is 0.200. The van der Waals surface area contributed by atoms with Gasteiger partial charge in [0.15, 0.2) is 0 Å². The Morgan fingerprint density at radius 3 is 2.28 bits per heavy atom. The highest BCUT2D eigenvalue weighted by molar-refractivity contribution is 5.41. The molecule has 0 spiro atoms. The summed E-state index contributed by atoms with van der Waals surface area (Å²) in [5.74, 6) is 2.44. The molecule has 3 heteroatoms. The Balaban J connectivity index is 2.21. The number of aryl methyl sites for hydroxylation is 1. The zero-order chi connectivity index (χ0) is 13.0. The molecule has 18 heavy (non-hydrogen) atoms. The number of hydrogen-bond acceptors (Lipinski definition) is 3. The Hall–Kier alpha value is -2.00. The summed E-state index contributed by atoms with van der Waals surface area (Å²) < 4.78 is 10.9. The highest BCUT2D eigenvalue weighted by Crippen LogP contribution is 2.27. The van der Waals surface area contributed by atoms with Crippen molar-refractivity contribution in [3.63, 3.8) is 0 Å². The molecule has 0 aliphatic heterocycles. The van der Waals surface area contributed by atoms with E-state index in [9.17, 15) is 0 Å². The van der Waals surface area contributed by atoms with Gasteiger partial charge in [-0.1, -0.05) is 12.1 Å². The third-order valence-corrected chi connectivity index (χ3v) is 2.78. The van der Waals surface area contributed by atoms with E-state index >= 15 is 0 Å². The first-order valence-corrected chi connectivity index (χ1v) is 5.84. The predicted octanol–water partition coefficient (Wildman–Crippen LogP) is 3.25. The van der Waals surface area contributed by atoms with Gasteiger partial charge in [-0.2, -0.15) is 0 Å².